The normalized spacial score (nSPS) is 15.4. The number of rotatable bonds is 7. The molecular weight excluding hydrogens is 290 g/mol. The average molecular weight is 321 g/mol. The van der Waals surface area contributed by atoms with Crippen molar-refractivity contribution in [3.8, 4) is 5.75 Å². The lowest BCUT2D eigenvalue weighted by Crippen LogP contribution is -2.49. The Kier molecular flexibility index (Phi) is 10.1. The van der Waals surface area contributed by atoms with E-state index in [1.807, 2.05) is 44.2 Å². The molecule has 130 valence electrons. The number of piperazine rings is 1. The second-order valence-corrected chi connectivity index (χ2v) is 5.31. The molecule has 1 fully saturated rings. The number of amides is 1. The van der Waals surface area contributed by atoms with Gasteiger partial charge in [-0.05, 0) is 18.6 Å². The van der Waals surface area contributed by atoms with E-state index < -0.39 is 0 Å². The third-order valence-electron chi connectivity index (χ3n) is 3.74. The van der Waals surface area contributed by atoms with Crippen molar-refractivity contribution in [2.24, 2.45) is 0 Å². The molecule has 0 aliphatic carbocycles. The van der Waals surface area contributed by atoms with Crippen LogP contribution >= 0.6 is 0 Å². The van der Waals surface area contributed by atoms with Gasteiger partial charge in [0.25, 0.3) is 0 Å². The summed E-state index contributed by atoms with van der Waals surface area (Å²) in [6.45, 7) is 10.3. The highest BCUT2D eigenvalue weighted by molar-refractivity contribution is 5.77. The number of likely N-dealkylation sites (N-methyl/N-ethyl adjacent to an activating group) is 1. The van der Waals surface area contributed by atoms with E-state index in [0.29, 0.717) is 6.54 Å². The summed E-state index contributed by atoms with van der Waals surface area (Å²) in [6.07, 6.45) is 1.03. The number of hydrogen-bond acceptors (Lipinski definition) is 4. The highest BCUT2D eigenvalue weighted by Gasteiger charge is 2.17. The largest absolute Gasteiger partial charge is 0.494 e. The number of ether oxygens (including phenoxy) is 1. The van der Waals surface area contributed by atoms with E-state index in [4.69, 9.17) is 4.74 Å². The van der Waals surface area contributed by atoms with Gasteiger partial charge in [0, 0.05) is 39.8 Å². The molecule has 5 nitrogen and oxygen atoms in total. The molecule has 1 aliphatic heterocycles. The molecule has 0 aromatic heterocycles. The van der Waals surface area contributed by atoms with Gasteiger partial charge in [-0.3, -0.25) is 9.69 Å². The number of nitrogens with one attached hydrogen (secondary N) is 1. The monoisotopic (exact) mass is 321 g/mol. The van der Waals surface area contributed by atoms with Crippen molar-refractivity contribution in [2.45, 2.75) is 20.3 Å². The van der Waals surface area contributed by atoms with Crippen LogP contribution in [0.5, 0.6) is 5.75 Å². The van der Waals surface area contributed by atoms with Gasteiger partial charge in [0.2, 0.25) is 5.91 Å². The molecule has 0 spiro atoms. The first-order chi connectivity index (χ1) is 11.3. The van der Waals surface area contributed by atoms with Crippen LogP contribution in [0.3, 0.4) is 0 Å². The number of carbonyl (C=O) groups excluding carboxylic acids is 1. The lowest BCUT2D eigenvalue weighted by atomic mass is 10.3. The highest BCUT2D eigenvalue weighted by atomic mass is 16.5. The van der Waals surface area contributed by atoms with Gasteiger partial charge in [0.15, 0.2) is 0 Å². The van der Waals surface area contributed by atoms with Crippen LogP contribution in [0.1, 0.15) is 20.3 Å². The van der Waals surface area contributed by atoms with Crippen LogP contribution in [-0.4, -0.2) is 68.6 Å². The van der Waals surface area contributed by atoms with E-state index in [2.05, 4.69) is 15.1 Å². The highest BCUT2D eigenvalue weighted by Crippen LogP contribution is 2.09. The average Bonchev–Trinajstić information content (AvgIpc) is 2.62. The molecule has 1 saturated heterocycles. The van der Waals surface area contributed by atoms with Crippen molar-refractivity contribution in [1.29, 1.82) is 0 Å². The molecule has 0 bridgehead atoms. The van der Waals surface area contributed by atoms with E-state index in [9.17, 15) is 4.79 Å². The standard InChI is InChI=1S/C16H25N3O2.C2H6/c1-17-16(20)14-19-11-9-18(10-12-19)8-5-13-21-15-6-3-2-4-7-15;1-2/h2-4,6-7H,5,8-14H2,1H3,(H,17,20);1-2H3. The summed E-state index contributed by atoms with van der Waals surface area (Å²) < 4.78 is 5.70. The van der Waals surface area contributed by atoms with E-state index in [1.54, 1.807) is 7.05 Å². The van der Waals surface area contributed by atoms with Gasteiger partial charge in [-0.2, -0.15) is 0 Å². The van der Waals surface area contributed by atoms with E-state index in [-0.39, 0.29) is 5.91 Å². The zero-order valence-electron chi connectivity index (χ0n) is 14.8. The molecule has 1 aliphatic rings. The summed E-state index contributed by atoms with van der Waals surface area (Å²) in [7, 11) is 1.69. The molecule has 1 aromatic carbocycles. The van der Waals surface area contributed by atoms with Gasteiger partial charge in [0.1, 0.15) is 5.75 Å². The van der Waals surface area contributed by atoms with Gasteiger partial charge in [0.05, 0.1) is 13.2 Å². The summed E-state index contributed by atoms with van der Waals surface area (Å²) >= 11 is 0. The van der Waals surface area contributed by atoms with Crippen LogP contribution in [0.4, 0.5) is 0 Å². The van der Waals surface area contributed by atoms with Crippen molar-refractivity contribution >= 4 is 5.91 Å². The first-order valence-electron chi connectivity index (χ1n) is 8.61. The zero-order chi connectivity index (χ0) is 16.9. The topological polar surface area (TPSA) is 44.8 Å². The summed E-state index contributed by atoms with van der Waals surface area (Å²) in [4.78, 5) is 16.0. The molecule has 1 amide bonds. The Morgan fingerprint density at radius 2 is 1.70 bits per heavy atom. The SMILES string of the molecule is CC.CNC(=O)CN1CCN(CCCOc2ccccc2)CC1. The molecule has 0 saturated carbocycles. The van der Waals surface area contributed by atoms with Crippen molar-refractivity contribution < 1.29 is 9.53 Å². The minimum Gasteiger partial charge on any atom is -0.494 e. The molecule has 23 heavy (non-hydrogen) atoms. The first-order valence-corrected chi connectivity index (χ1v) is 8.61. The zero-order valence-corrected chi connectivity index (χ0v) is 14.8. The molecule has 1 heterocycles. The van der Waals surface area contributed by atoms with Gasteiger partial charge >= 0.3 is 0 Å². The fraction of sp³-hybridized carbons (Fsp3) is 0.611. The lowest BCUT2D eigenvalue weighted by Gasteiger charge is -2.34. The molecule has 1 aromatic rings. The van der Waals surface area contributed by atoms with Crippen molar-refractivity contribution in [3.63, 3.8) is 0 Å². The van der Waals surface area contributed by atoms with Gasteiger partial charge in [-0.25, -0.2) is 0 Å². The van der Waals surface area contributed by atoms with Crippen LogP contribution in [0.2, 0.25) is 0 Å². The third kappa shape index (κ3) is 8.00. The predicted molar refractivity (Wildman–Crippen MR) is 94.8 cm³/mol. The van der Waals surface area contributed by atoms with E-state index in [1.165, 1.54) is 0 Å². The Balaban J connectivity index is 0.00000127. The summed E-state index contributed by atoms with van der Waals surface area (Å²) in [5.41, 5.74) is 0. The Morgan fingerprint density at radius 1 is 1.09 bits per heavy atom. The molecule has 5 heteroatoms. The van der Waals surface area contributed by atoms with Crippen LogP contribution in [0.25, 0.3) is 0 Å². The number of para-hydroxylation sites is 1. The lowest BCUT2D eigenvalue weighted by molar-refractivity contribution is -0.122. The van der Waals surface area contributed by atoms with E-state index >= 15 is 0 Å². The van der Waals surface area contributed by atoms with E-state index in [0.717, 1.165) is 51.5 Å². The smallest absolute Gasteiger partial charge is 0.233 e. The Hall–Kier alpha value is -1.59. The van der Waals surface area contributed by atoms with Crippen LogP contribution in [0.15, 0.2) is 30.3 Å². The van der Waals surface area contributed by atoms with Crippen LogP contribution < -0.4 is 10.1 Å². The summed E-state index contributed by atoms with van der Waals surface area (Å²) in [5, 5.41) is 2.67. The first kappa shape index (κ1) is 19.5. The van der Waals surface area contributed by atoms with Crippen molar-refractivity contribution in [1.82, 2.24) is 15.1 Å². The number of nitrogens with zero attached hydrogens (tertiary/aromatic N) is 2. The molecular formula is C18H31N3O2. The second kappa shape index (κ2) is 11.9. The third-order valence-corrected chi connectivity index (χ3v) is 3.74. The minimum absolute atomic E-state index is 0.0970. The maximum absolute atomic E-state index is 11.3. The summed E-state index contributed by atoms with van der Waals surface area (Å²) in [5.74, 6) is 1.03. The number of carbonyl (C=O) groups is 1. The van der Waals surface area contributed by atoms with Crippen molar-refractivity contribution in [2.75, 3.05) is 52.9 Å². The fourth-order valence-electron chi connectivity index (χ4n) is 2.45. The maximum atomic E-state index is 11.3. The Bertz CT molecular complexity index is 418. The maximum Gasteiger partial charge on any atom is 0.233 e. The number of benzene rings is 1. The van der Waals surface area contributed by atoms with Crippen LogP contribution in [0, 0.1) is 0 Å². The van der Waals surface area contributed by atoms with Gasteiger partial charge in [-0.1, -0.05) is 32.0 Å². The number of hydrogen-bond donors (Lipinski definition) is 1. The Labute approximate surface area is 140 Å². The predicted octanol–water partition coefficient (Wildman–Crippen LogP) is 1.85. The van der Waals surface area contributed by atoms with Gasteiger partial charge < -0.3 is 15.0 Å². The molecule has 0 radical (unpaired) electrons. The molecule has 0 atom stereocenters. The quantitative estimate of drug-likeness (QED) is 0.779. The molecule has 1 N–H and O–H groups in total. The van der Waals surface area contributed by atoms with Gasteiger partial charge in [-0.15, -0.1) is 0 Å². The fourth-order valence-corrected chi connectivity index (χ4v) is 2.45. The molecule has 2 rings (SSSR count). The second-order valence-electron chi connectivity index (χ2n) is 5.31. The Morgan fingerprint density at radius 3 is 2.30 bits per heavy atom. The van der Waals surface area contributed by atoms with Crippen molar-refractivity contribution in [3.05, 3.63) is 30.3 Å². The minimum atomic E-state index is 0.0970. The molecule has 0 unspecified atom stereocenters. The summed E-state index contributed by atoms with van der Waals surface area (Å²) in [6, 6.07) is 9.93. The van der Waals surface area contributed by atoms with Crippen LogP contribution in [-0.2, 0) is 4.79 Å².